The molecule has 1 aliphatic heterocycles. The molecule has 1 atom stereocenters. The zero-order chi connectivity index (χ0) is 20.9. The molecule has 1 fully saturated rings. The molecule has 2 aromatic carbocycles. The lowest BCUT2D eigenvalue weighted by atomic mass is 9.79. The summed E-state index contributed by atoms with van der Waals surface area (Å²) in [4.78, 5) is 16.1. The van der Waals surface area contributed by atoms with Crippen LogP contribution in [0.4, 0.5) is 5.69 Å². The summed E-state index contributed by atoms with van der Waals surface area (Å²) in [7, 11) is 0. The van der Waals surface area contributed by atoms with Crippen LogP contribution in [0.2, 0.25) is 0 Å². The first-order valence-electron chi connectivity index (χ1n) is 10.6. The van der Waals surface area contributed by atoms with Gasteiger partial charge in [0.05, 0.1) is 18.8 Å². The summed E-state index contributed by atoms with van der Waals surface area (Å²) in [6.45, 7) is 11.8. The number of morpholine rings is 1. The van der Waals surface area contributed by atoms with Crippen molar-refractivity contribution >= 4 is 11.5 Å². The van der Waals surface area contributed by atoms with Crippen LogP contribution < -0.4 is 10.2 Å². The Morgan fingerprint density at radius 3 is 2.17 bits per heavy atom. The van der Waals surface area contributed by atoms with Crippen molar-refractivity contribution in [2.75, 3.05) is 31.2 Å². The predicted octanol–water partition coefficient (Wildman–Crippen LogP) is 4.49. The maximum Gasteiger partial charge on any atom is 0.183 e. The Hall–Kier alpha value is -2.17. The third-order valence-electron chi connectivity index (χ3n) is 5.51. The summed E-state index contributed by atoms with van der Waals surface area (Å²) in [5.41, 5.74) is 2.27. The van der Waals surface area contributed by atoms with Gasteiger partial charge in [-0.25, -0.2) is 0 Å². The van der Waals surface area contributed by atoms with E-state index in [9.17, 15) is 4.79 Å². The molecule has 2 aromatic rings. The van der Waals surface area contributed by atoms with Gasteiger partial charge in [-0.2, -0.15) is 0 Å². The van der Waals surface area contributed by atoms with Gasteiger partial charge in [-0.05, 0) is 63.4 Å². The highest BCUT2D eigenvalue weighted by molar-refractivity contribution is 6.03. The van der Waals surface area contributed by atoms with Gasteiger partial charge in [-0.3, -0.25) is 10.1 Å². The molecule has 0 amide bonds. The zero-order valence-electron chi connectivity index (χ0n) is 18.2. The van der Waals surface area contributed by atoms with Crippen molar-refractivity contribution in [3.63, 3.8) is 0 Å². The molecule has 1 N–H and O–H groups in total. The predicted molar refractivity (Wildman–Crippen MR) is 120 cm³/mol. The van der Waals surface area contributed by atoms with Crippen LogP contribution >= 0.6 is 0 Å². The second-order valence-electron chi connectivity index (χ2n) is 8.95. The zero-order valence-corrected chi connectivity index (χ0v) is 18.2. The van der Waals surface area contributed by atoms with E-state index in [-0.39, 0.29) is 11.3 Å². The van der Waals surface area contributed by atoms with Crippen LogP contribution in [-0.2, 0) is 11.2 Å². The molecule has 0 saturated carbocycles. The second-order valence-corrected chi connectivity index (χ2v) is 8.95. The number of Topliss-reactive ketones (excluding diaryl/α,β-unsaturated/α-hetero) is 1. The van der Waals surface area contributed by atoms with Gasteiger partial charge < -0.3 is 9.64 Å². The fourth-order valence-corrected chi connectivity index (χ4v) is 4.14. The maximum atomic E-state index is 13.8. The number of rotatable bonds is 7. The Bertz CT molecular complexity index is 790. The number of nitrogens with zero attached hydrogens (tertiary/aromatic N) is 1. The molecule has 0 aromatic heterocycles. The third kappa shape index (κ3) is 5.46. The number of carbonyl (C=O) groups is 1. The molecular formula is C25H34N2O2. The quantitative estimate of drug-likeness (QED) is 0.703. The van der Waals surface area contributed by atoms with Crippen molar-refractivity contribution < 1.29 is 9.53 Å². The molecule has 3 rings (SSSR count). The number of hydrogen-bond acceptors (Lipinski definition) is 4. The van der Waals surface area contributed by atoms with E-state index in [4.69, 9.17) is 4.74 Å². The van der Waals surface area contributed by atoms with Crippen molar-refractivity contribution in [3.8, 4) is 0 Å². The summed E-state index contributed by atoms with van der Waals surface area (Å²) in [6, 6.07) is 18.4. The normalized spacial score (nSPS) is 17.0. The highest BCUT2D eigenvalue weighted by Gasteiger charge is 2.40. The average molecular weight is 395 g/mol. The van der Waals surface area contributed by atoms with Gasteiger partial charge in [0.15, 0.2) is 5.78 Å². The molecule has 1 saturated heterocycles. The van der Waals surface area contributed by atoms with Crippen molar-refractivity contribution in [2.45, 2.75) is 51.6 Å². The van der Waals surface area contributed by atoms with Crippen LogP contribution in [0.1, 0.15) is 50.0 Å². The van der Waals surface area contributed by atoms with E-state index in [1.165, 1.54) is 5.56 Å². The molecule has 4 heteroatoms. The fourth-order valence-electron chi connectivity index (χ4n) is 4.14. The van der Waals surface area contributed by atoms with E-state index in [0.29, 0.717) is 6.42 Å². The van der Waals surface area contributed by atoms with E-state index in [2.05, 4.69) is 62.2 Å². The molecule has 0 aliphatic carbocycles. The van der Waals surface area contributed by atoms with E-state index >= 15 is 0 Å². The number of benzene rings is 2. The third-order valence-corrected chi connectivity index (χ3v) is 5.51. The molecule has 4 nitrogen and oxygen atoms in total. The SMILES string of the molecule is CCC(Cc1ccccc1)(NC(C)(C)C)C(=O)c1ccc(N2CCOCC2)cc1. The minimum Gasteiger partial charge on any atom is -0.378 e. The Balaban J connectivity index is 1.88. The summed E-state index contributed by atoms with van der Waals surface area (Å²) >= 11 is 0. The average Bonchev–Trinajstić information content (AvgIpc) is 2.73. The molecule has 29 heavy (non-hydrogen) atoms. The molecule has 1 heterocycles. The lowest BCUT2D eigenvalue weighted by molar-refractivity contribution is 0.0803. The van der Waals surface area contributed by atoms with Crippen LogP contribution in [0.25, 0.3) is 0 Å². The minimum absolute atomic E-state index is 0.160. The topological polar surface area (TPSA) is 41.6 Å². The summed E-state index contributed by atoms with van der Waals surface area (Å²) in [6.07, 6.45) is 1.40. The van der Waals surface area contributed by atoms with E-state index in [0.717, 1.165) is 44.0 Å². The van der Waals surface area contributed by atoms with Crippen LogP contribution in [-0.4, -0.2) is 43.2 Å². The first-order chi connectivity index (χ1) is 13.8. The number of anilines is 1. The van der Waals surface area contributed by atoms with Gasteiger partial charge in [-0.15, -0.1) is 0 Å². The first kappa shape index (κ1) is 21.5. The summed E-state index contributed by atoms with van der Waals surface area (Å²) in [5.74, 6) is 0.160. The van der Waals surface area contributed by atoms with Crippen LogP contribution in [0.15, 0.2) is 54.6 Å². The number of hydrogen-bond donors (Lipinski definition) is 1. The van der Waals surface area contributed by atoms with Gasteiger partial charge in [0.1, 0.15) is 0 Å². The monoisotopic (exact) mass is 394 g/mol. The Morgan fingerprint density at radius 1 is 1.00 bits per heavy atom. The maximum absolute atomic E-state index is 13.8. The molecule has 0 spiro atoms. The molecule has 1 unspecified atom stereocenters. The molecular weight excluding hydrogens is 360 g/mol. The van der Waals surface area contributed by atoms with Crippen LogP contribution in [0, 0.1) is 0 Å². The number of nitrogens with one attached hydrogen (secondary N) is 1. The highest BCUT2D eigenvalue weighted by Crippen LogP contribution is 2.27. The molecule has 156 valence electrons. The van der Waals surface area contributed by atoms with Gasteiger partial charge in [-0.1, -0.05) is 37.3 Å². The Morgan fingerprint density at radius 2 is 1.62 bits per heavy atom. The largest absolute Gasteiger partial charge is 0.378 e. The molecule has 1 aliphatic rings. The van der Waals surface area contributed by atoms with Crippen molar-refractivity contribution in [1.29, 1.82) is 0 Å². The lowest BCUT2D eigenvalue weighted by Crippen LogP contribution is -2.60. The lowest BCUT2D eigenvalue weighted by Gasteiger charge is -2.39. The smallest absolute Gasteiger partial charge is 0.183 e. The Kier molecular flexibility index (Phi) is 6.76. The standard InChI is InChI=1S/C25H34N2O2/c1-5-25(26-24(2,3)4,19-20-9-7-6-8-10-20)23(28)21-11-13-22(14-12-21)27-15-17-29-18-16-27/h6-14,26H,5,15-19H2,1-4H3. The molecule has 0 bridgehead atoms. The minimum atomic E-state index is -0.639. The first-order valence-corrected chi connectivity index (χ1v) is 10.6. The highest BCUT2D eigenvalue weighted by atomic mass is 16.5. The summed E-state index contributed by atoms with van der Waals surface area (Å²) < 4.78 is 5.44. The van der Waals surface area contributed by atoms with Gasteiger partial charge in [0, 0.05) is 29.9 Å². The van der Waals surface area contributed by atoms with Crippen molar-refractivity contribution in [1.82, 2.24) is 5.32 Å². The van der Waals surface area contributed by atoms with Gasteiger partial charge in [0.25, 0.3) is 0 Å². The van der Waals surface area contributed by atoms with E-state index in [1.807, 2.05) is 30.3 Å². The number of carbonyl (C=O) groups excluding carboxylic acids is 1. The Labute approximate surface area is 175 Å². The van der Waals surface area contributed by atoms with Gasteiger partial charge >= 0.3 is 0 Å². The van der Waals surface area contributed by atoms with Crippen LogP contribution in [0.5, 0.6) is 0 Å². The number of ketones is 1. The van der Waals surface area contributed by atoms with Crippen molar-refractivity contribution in [3.05, 3.63) is 65.7 Å². The fraction of sp³-hybridized carbons (Fsp3) is 0.480. The number of ether oxygens (including phenoxy) is 1. The van der Waals surface area contributed by atoms with Crippen LogP contribution in [0.3, 0.4) is 0 Å². The van der Waals surface area contributed by atoms with E-state index < -0.39 is 5.54 Å². The molecule has 0 radical (unpaired) electrons. The van der Waals surface area contributed by atoms with Crippen molar-refractivity contribution in [2.24, 2.45) is 0 Å². The van der Waals surface area contributed by atoms with Gasteiger partial charge in [0.2, 0.25) is 0 Å². The van der Waals surface area contributed by atoms with E-state index in [1.54, 1.807) is 0 Å². The summed E-state index contributed by atoms with van der Waals surface area (Å²) in [5, 5.41) is 3.67. The second kappa shape index (κ2) is 9.10.